The van der Waals surface area contributed by atoms with Gasteiger partial charge in [-0.25, -0.2) is 4.39 Å². The fourth-order valence-corrected chi connectivity index (χ4v) is 5.27. The standard InChI is InChI=1S/C29H22ClFN2O2S/c30-24-10-5-11-25(31)23(24)17-33-26-15-22(12-13-27(26)36-18-28(33)34)29(35)32-16-19-6-4-9-21(14-19)20-7-2-1-3-8-20/h1-15H,16-18H2,(H,32,35). The number of fused-ring (bicyclic) bond motifs is 1. The van der Waals surface area contributed by atoms with Crippen LogP contribution < -0.4 is 10.2 Å². The van der Waals surface area contributed by atoms with Gasteiger partial charge in [-0.3, -0.25) is 9.59 Å². The fourth-order valence-electron chi connectivity index (χ4n) is 4.13. The first-order chi connectivity index (χ1) is 17.5. The molecule has 1 aliphatic rings. The van der Waals surface area contributed by atoms with Crippen LogP contribution in [0.2, 0.25) is 5.02 Å². The Labute approximate surface area is 218 Å². The van der Waals surface area contributed by atoms with Crippen LogP contribution in [0.25, 0.3) is 11.1 Å². The summed E-state index contributed by atoms with van der Waals surface area (Å²) < 4.78 is 14.4. The second-order valence-corrected chi connectivity index (χ2v) is 9.82. The van der Waals surface area contributed by atoms with Gasteiger partial charge in [-0.15, -0.1) is 11.8 Å². The Balaban J connectivity index is 1.35. The number of thioether (sulfide) groups is 1. The van der Waals surface area contributed by atoms with Crippen LogP contribution in [0, 0.1) is 5.82 Å². The summed E-state index contributed by atoms with van der Waals surface area (Å²) in [5, 5.41) is 3.22. The number of nitrogens with one attached hydrogen (secondary N) is 1. The quantitative estimate of drug-likeness (QED) is 0.309. The first-order valence-corrected chi connectivity index (χ1v) is 12.8. The molecule has 0 aromatic heterocycles. The number of carbonyl (C=O) groups is 2. The molecule has 0 bridgehead atoms. The van der Waals surface area contributed by atoms with E-state index in [1.807, 2.05) is 54.6 Å². The lowest BCUT2D eigenvalue weighted by Crippen LogP contribution is -2.35. The smallest absolute Gasteiger partial charge is 0.251 e. The van der Waals surface area contributed by atoms with Crippen LogP contribution in [0.1, 0.15) is 21.5 Å². The van der Waals surface area contributed by atoms with Crippen molar-refractivity contribution in [2.75, 3.05) is 10.7 Å². The topological polar surface area (TPSA) is 49.4 Å². The van der Waals surface area contributed by atoms with E-state index in [9.17, 15) is 14.0 Å². The van der Waals surface area contributed by atoms with Gasteiger partial charge in [-0.1, -0.05) is 66.2 Å². The lowest BCUT2D eigenvalue weighted by Gasteiger charge is -2.30. The largest absolute Gasteiger partial charge is 0.348 e. The summed E-state index contributed by atoms with van der Waals surface area (Å²) in [6, 6.07) is 27.8. The van der Waals surface area contributed by atoms with E-state index in [-0.39, 0.29) is 34.7 Å². The van der Waals surface area contributed by atoms with Crippen molar-refractivity contribution < 1.29 is 14.0 Å². The van der Waals surface area contributed by atoms with Gasteiger partial charge in [0.05, 0.1) is 18.0 Å². The van der Waals surface area contributed by atoms with Gasteiger partial charge in [-0.2, -0.15) is 0 Å². The third-order valence-corrected chi connectivity index (χ3v) is 7.43. The maximum absolute atomic E-state index is 14.4. The molecule has 4 aromatic carbocycles. The highest BCUT2D eigenvalue weighted by Gasteiger charge is 2.27. The van der Waals surface area contributed by atoms with Gasteiger partial charge in [-0.05, 0) is 53.1 Å². The molecule has 1 N–H and O–H groups in total. The Kier molecular flexibility index (Phi) is 7.07. The van der Waals surface area contributed by atoms with Crippen LogP contribution in [0.3, 0.4) is 0 Å². The highest BCUT2D eigenvalue weighted by Crippen LogP contribution is 2.37. The average molecular weight is 517 g/mol. The monoisotopic (exact) mass is 516 g/mol. The number of amides is 2. The first-order valence-electron chi connectivity index (χ1n) is 11.4. The minimum absolute atomic E-state index is 0.00471. The summed E-state index contributed by atoms with van der Waals surface area (Å²) in [5.41, 5.74) is 4.41. The second kappa shape index (κ2) is 10.6. The number of anilines is 1. The molecule has 1 heterocycles. The molecular weight excluding hydrogens is 495 g/mol. The van der Waals surface area contributed by atoms with Crippen molar-refractivity contribution in [2.45, 2.75) is 18.0 Å². The molecule has 7 heteroatoms. The Morgan fingerprint density at radius 2 is 1.72 bits per heavy atom. The normalized spacial score (nSPS) is 12.8. The number of rotatable bonds is 6. The molecule has 0 atom stereocenters. The zero-order valence-corrected chi connectivity index (χ0v) is 20.8. The van der Waals surface area contributed by atoms with Gasteiger partial charge in [0, 0.05) is 27.6 Å². The number of halogens is 2. The predicted molar refractivity (Wildman–Crippen MR) is 143 cm³/mol. The van der Waals surface area contributed by atoms with Gasteiger partial charge in [0.1, 0.15) is 5.82 Å². The Morgan fingerprint density at radius 3 is 2.53 bits per heavy atom. The molecule has 0 aliphatic carbocycles. The van der Waals surface area contributed by atoms with Crippen molar-refractivity contribution >= 4 is 40.9 Å². The van der Waals surface area contributed by atoms with Crippen LogP contribution in [-0.2, 0) is 17.9 Å². The maximum atomic E-state index is 14.4. The summed E-state index contributed by atoms with van der Waals surface area (Å²) in [5.74, 6) is -0.652. The molecule has 0 spiro atoms. The Hall–Kier alpha value is -3.61. The van der Waals surface area contributed by atoms with Crippen molar-refractivity contribution in [3.05, 3.63) is 119 Å². The van der Waals surface area contributed by atoms with Gasteiger partial charge >= 0.3 is 0 Å². The predicted octanol–water partition coefficient (Wildman–Crippen LogP) is 6.72. The summed E-state index contributed by atoms with van der Waals surface area (Å²) in [4.78, 5) is 28.1. The Morgan fingerprint density at radius 1 is 0.944 bits per heavy atom. The fraction of sp³-hybridized carbons (Fsp3) is 0.103. The molecule has 4 aromatic rings. The number of hydrogen-bond acceptors (Lipinski definition) is 3. The Bertz CT molecular complexity index is 1420. The van der Waals surface area contributed by atoms with E-state index in [2.05, 4.69) is 11.4 Å². The minimum atomic E-state index is -0.471. The molecule has 2 amide bonds. The van der Waals surface area contributed by atoms with Crippen molar-refractivity contribution in [1.29, 1.82) is 0 Å². The number of carbonyl (C=O) groups excluding carboxylic acids is 2. The molecule has 0 saturated carbocycles. The van der Waals surface area contributed by atoms with E-state index in [4.69, 9.17) is 11.6 Å². The highest BCUT2D eigenvalue weighted by molar-refractivity contribution is 8.00. The lowest BCUT2D eigenvalue weighted by atomic mass is 10.0. The lowest BCUT2D eigenvalue weighted by molar-refractivity contribution is -0.116. The van der Waals surface area contributed by atoms with Crippen molar-refractivity contribution in [3.63, 3.8) is 0 Å². The van der Waals surface area contributed by atoms with E-state index in [0.717, 1.165) is 21.6 Å². The van der Waals surface area contributed by atoms with Crippen LogP contribution in [0.15, 0.2) is 95.9 Å². The van der Waals surface area contributed by atoms with E-state index in [1.54, 1.807) is 18.2 Å². The van der Waals surface area contributed by atoms with Crippen LogP contribution in [0.4, 0.5) is 10.1 Å². The van der Waals surface area contributed by atoms with Crippen molar-refractivity contribution in [1.82, 2.24) is 5.32 Å². The molecule has 0 radical (unpaired) electrons. The van der Waals surface area contributed by atoms with E-state index < -0.39 is 5.82 Å². The average Bonchev–Trinajstić information content (AvgIpc) is 2.91. The summed E-state index contributed by atoms with van der Waals surface area (Å²) >= 11 is 7.61. The van der Waals surface area contributed by atoms with E-state index in [1.165, 1.54) is 28.8 Å². The molecule has 180 valence electrons. The molecule has 1 aliphatic heterocycles. The molecular formula is C29H22ClFN2O2S. The second-order valence-electron chi connectivity index (χ2n) is 8.40. The third-order valence-electron chi connectivity index (χ3n) is 6.03. The van der Waals surface area contributed by atoms with Crippen molar-refractivity contribution in [3.8, 4) is 11.1 Å². The van der Waals surface area contributed by atoms with Crippen LogP contribution in [-0.4, -0.2) is 17.6 Å². The van der Waals surface area contributed by atoms with E-state index in [0.29, 0.717) is 17.8 Å². The van der Waals surface area contributed by atoms with Gasteiger partial charge < -0.3 is 10.2 Å². The van der Waals surface area contributed by atoms with E-state index >= 15 is 0 Å². The van der Waals surface area contributed by atoms with Gasteiger partial charge in [0.2, 0.25) is 5.91 Å². The molecule has 5 rings (SSSR count). The molecule has 0 saturated heterocycles. The zero-order valence-electron chi connectivity index (χ0n) is 19.2. The first kappa shape index (κ1) is 24.1. The molecule has 4 nitrogen and oxygen atoms in total. The van der Waals surface area contributed by atoms with Gasteiger partial charge in [0.25, 0.3) is 5.91 Å². The molecule has 0 fully saturated rings. The summed E-state index contributed by atoms with van der Waals surface area (Å²) in [6.07, 6.45) is 0. The van der Waals surface area contributed by atoms with Gasteiger partial charge in [0.15, 0.2) is 0 Å². The van der Waals surface area contributed by atoms with Crippen LogP contribution in [0.5, 0.6) is 0 Å². The van der Waals surface area contributed by atoms with Crippen molar-refractivity contribution in [2.24, 2.45) is 0 Å². The highest BCUT2D eigenvalue weighted by atomic mass is 35.5. The SMILES string of the molecule is O=C(NCc1cccc(-c2ccccc2)c1)c1ccc2c(c1)N(Cc1c(F)cccc1Cl)C(=O)CS2. The summed E-state index contributed by atoms with van der Waals surface area (Å²) in [7, 11) is 0. The number of benzene rings is 4. The number of hydrogen-bond donors (Lipinski definition) is 1. The van der Waals surface area contributed by atoms with Crippen LogP contribution >= 0.6 is 23.4 Å². The molecule has 36 heavy (non-hydrogen) atoms. The maximum Gasteiger partial charge on any atom is 0.251 e. The minimum Gasteiger partial charge on any atom is -0.348 e. The zero-order chi connectivity index (χ0) is 25.1. The molecule has 0 unspecified atom stereocenters. The summed E-state index contributed by atoms with van der Waals surface area (Å²) in [6.45, 7) is 0.355. The number of nitrogens with zero attached hydrogens (tertiary/aromatic N) is 1. The third kappa shape index (κ3) is 5.15.